The molecule has 0 saturated carbocycles. The van der Waals surface area contributed by atoms with Crippen LogP contribution in [0.25, 0.3) is 0 Å². The number of carboxylic acid groups (broad SMARTS) is 1. The summed E-state index contributed by atoms with van der Waals surface area (Å²) >= 11 is 10.7. The van der Waals surface area contributed by atoms with Crippen LogP contribution in [0.5, 0.6) is 0 Å². The highest BCUT2D eigenvalue weighted by atomic mass is 35.5. The maximum absolute atomic E-state index is 10.3. The highest BCUT2D eigenvalue weighted by molar-refractivity contribution is 7.80. The summed E-state index contributed by atoms with van der Waals surface area (Å²) in [6.07, 6.45) is 0.0302. The second kappa shape index (κ2) is 6.30. The predicted octanol–water partition coefficient (Wildman–Crippen LogP) is 2.10. The van der Waals surface area contributed by atoms with E-state index in [0.29, 0.717) is 16.7 Å². The van der Waals surface area contributed by atoms with Crippen LogP contribution in [-0.4, -0.2) is 22.7 Å². The quantitative estimate of drug-likeness (QED) is 0.722. The van der Waals surface area contributed by atoms with Crippen molar-refractivity contribution in [3.63, 3.8) is 0 Å². The second-order valence-electron chi connectivity index (χ2n) is 3.03. The lowest BCUT2D eigenvalue weighted by Gasteiger charge is -2.09. The van der Waals surface area contributed by atoms with Gasteiger partial charge in [-0.1, -0.05) is 11.6 Å². The number of halogens is 1. The molecular formula is C10H11ClN2O2S. The van der Waals surface area contributed by atoms with Crippen LogP contribution in [0.2, 0.25) is 5.02 Å². The number of benzene rings is 1. The third-order valence-electron chi connectivity index (χ3n) is 1.73. The molecule has 3 N–H and O–H groups in total. The summed E-state index contributed by atoms with van der Waals surface area (Å²) in [6, 6.07) is 7.05. The summed E-state index contributed by atoms with van der Waals surface area (Å²) in [6.45, 7) is 0.300. The van der Waals surface area contributed by atoms with Gasteiger partial charge in [0.25, 0.3) is 0 Å². The van der Waals surface area contributed by atoms with Crippen LogP contribution in [0.1, 0.15) is 6.42 Å². The minimum atomic E-state index is -0.859. The zero-order valence-electron chi connectivity index (χ0n) is 8.37. The fourth-order valence-corrected chi connectivity index (χ4v) is 1.34. The Morgan fingerprint density at radius 1 is 1.38 bits per heavy atom. The lowest BCUT2D eigenvalue weighted by Crippen LogP contribution is -2.30. The average Bonchev–Trinajstić information content (AvgIpc) is 2.21. The average molecular weight is 259 g/mol. The van der Waals surface area contributed by atoms with Gasteiger partial charge in [0.1, 0.15) is 0 Å². The molecule has 16 heavy (non-hydrogen) atoms. The molecule has 0 saturated heterocycles. The molecule has 0 amide bonds. The van der Waals surface area contributed by atoms with Gasteiger partial charge < -0.3 is 15.7 Å². The first-order chi connectivity index (χ1) is 7.58. The van der Waals surface area contributed by atoms with E-state index >= 15 is 0 Å². The van der Waals surface area contributed by atoms with E-state index in [1.165, 1.54) is 0 Å². The molecule has 0 aliphatic carbocycles. The van der Waals surface area contributed by atoms with Gasteiger partial charge in [-0.3, -0.25) is 4.79 Å². The van der Waals surface area contributed by atoms with Gasteiger partial charge in [-0.2, -0.15) is 0 Å². The highest BCUT2D eigenvalue weighted by Gasteiger charge is 1.99. The van der Waals surface area contributed by atoms with Gasteiger partial charge >= 0.3 is 5.97 Å². The van der Waals surface area contributed by atoms with Crippen LogP contribution in [0.15, 0.2) is 24.3 Å². The smallest absolute Gasteiger partial charge is 0.305 e. The third-order valence-corrected chi connectivity index (χ3v) is 2.22. The maximum atomic E-state index is 10.3. The second-order valence-corrected chi connectivity index (χ2v) is 3.88. The number of anilines is 1. The lowest BCUT2D eigenvalue weighted by molar-refractivity contribution is -0.136. The van der Waals surface area contributed by atoms with Crippen LogP contribution in [0.4, 0.5) is 5.69 Å². The standard InChI is InChI=1S/C10H11ClN2O2S/c11-7-1-3-8(4-2-7)13-10(16)12-6-5-9(14)15/h1-4H,5-6H2,(H,14,15)(H2,12,13,16). The first-order valence-corrected chi connectivity index (χ1v) is 5.39. The summed E-state index contributed by atoms with van der Waals surface area (Å²) in [5, 5.41) is 15.2. The van der Waals surface area contributed by atoms with Gasteiger partial charge in [-0.15, -0.1) is 0 Å². The van der Waals surface area contributed by atoms with E-state index < -0.39 is 5.97 Å². The molecule has 0 radical (unpaired) electrons. The van der Waals surface area contributed by atoms with E-state index in [1.54, 1.807) is 24.3 Å². The molecule has 0 bridgehead atoms. The Morgan fingerprint density at radius 2 is 2.00 bits per heavy atom. The van der Waals surface area contributed by atoms with Crippen molar-refractivity contribution >= 4 is 40.6 Å². The largest absolute Gasteiger partial charge is 0.481 e. The Balaban J connectivity index is 2.34. The molecule has 1 rings (SSSR count). The topological polar surface area (TPSA) is 61.4 Å². The van der Waals surface area contributed by atoms with Crippen molar-refractivity contribution in [3.05, 3.63) is 29.3 Å². The first-order valence-electron chi connectivity index (χ1n) is 4.60. The van der Waals surface area contributed by atoms with E-state index in [2.05, 4.69) is 10.6 Å². The number of thiocarbonyl (C=S) groups is 1. The van der Waals surface area contributed by atoms with Crippen molar-refractivity contribution in [2.24, 2.45) is 0 Å². The SMILES string of the molecule is O=C(O)CCNC(=S)Nc1ccc(Cl)cc1. The molecular weight excluding hydrogens is 248 g/mol. The van der Waals surface area contributed by atoms with Crippen LogP contribution >= 0.6 is 23.8 Å². The zero-order chi connectivity index (χ0) is 12.0. The Hall–Kier alpha value is -1.33. The molecule has 1 aromatic rings. The summed E-state index contributed by atoms with van der Waals surface area (Å²) in [5.41, 5.74) is 0.803. The summed E-state index contributed by atoms with van der Waals surface area (Å²) in [5.74, 6) is -0.859. The number of nitrogens with one attached hydrogen (secondary N) is 2. The van der Waals surface area contributed by atoms with Gasteiger partial charge in [0.15, 0.2) is 5.11 Å². The Labute approximate surface area is 104 Å². The fraction of sp³-hybridized carbons (Fsp3) is 0.200. The first kappa shape index (κ1) is 12.7. The van der Waals surface area contributed by atoms with E-state index in [1.807, 2.05) is 0 Å². The van der Waals surface area contributed by atoms with Crippen molar-refractivity contribution in [2.75, 3.05) is 11.9 Å². The van der Waals surface area contributed by atoms with Gasteiger partial charge in [-0.05, 0) is 36.5 Å². The molecule has 0 heterocycles. The van der Waals surface area contributed by atoms with Crippen LogP contribution in [0, 0.1) is 0 Å². The monoisotopic (exact) mass is 258 g/mol. The minimum absolute atomic E-state index is 0.0302. The number of aliphatic carboxylic acids is 1. The van der Waals surface area contributed by atoms with E-state index in [4.69, 9.17) is 28.9 Å². The van der Waals surface area contributed by atoms with Crippen LogP contribution in [0.3, 0.4) is 0 Å². The number of carbonyl (C=O) groups is 1. The van der Waals surface area contributed by atoms with Crippen LogP contribution in [-0.2, 0) is 4.79 Å². The Kier molecular flexibility index (Phi) is 5.01. The van der Waals surface area contributed by atoms with Crippen molar-refractivity contribution in [3.8, 4) is 0 Å². The molecule has 0 aromatic heterocycles. The zero-order valence-corrected chi connectivity index (χ0v) is 9.94. The molecule has 6 heteroatoms. The predicted molar refractivity (Wildman–Crippen MR) is 67.9 cm³/mol. The number of carboxylic acids is 1. The molecule has 0 aliphatic rings. The Morgan fingerprint density at radius 3 is 2.56 bits per heavy atom. The normalized spacial score (nSPS) is 9.56. The third kappa shape index (κ3) is 4.95. The summed E-state index contributed by atoms with van der Waals surface area (Å²) in [7, 11) is 0. The van der Waals surface area contributed by atoms with Gasteiger partial charge in [-0.25, -0.2) is 0 Å². The van der Waals surface area contributed by atoms with E-state index in [9.17, 15) is 4.79 Å². The van der Waals surface area contributed by atoms with Crippen molar-refractivity contribution in [2.45, 2.75) is 6.42 Å². The highest BCUT2D eigenvalue weighted by Crippen LogP contribution is 2.12. The van der Waals surface area contributed by atoms with E-state index in [-0.39, 0.29) is 6.42 Å². The molecule has 0 spiro atoms. The van der Waals surface area contributed by atoms with Crippen molar-refractivity contribution < 1.29 is 9.90 Å². The molecule has 4 nitrogen and oxygen atoms in total. The Bertz CT molecular complexity index is 381. The molecule has 1 aromatic carbocycles. The number of rotatable bonds is 4. The molecule has 0 unspecified atom stereocenters. The number of hydrogen-bond acceptors (Lipinski definition) is 2. The maximum Gasteiger partial charge on any atom is 0.305 e. The van der Waals surface area contributed by atoms with E-state index in [0.717, 1.165) is 5.69 Å². The molecule has 0 fully saturated rings. The molecule has 0 atom stereocenters. The summed E-state index contributed by atoms with van der Waals surface area (Å²) < 4.78 is 0. The van der Waals surface area contributed by atoms with Gasteiger partial charge in [0.2, 0.25) is 0 Å². The van der Waals surface area contributed by atoms with Gasteiger partial charge in [0, 0.05) is 17.3 Å². The van der Waals surface area contributed by atoms with Crippen molar-refractivity contribution in [1.82, 2.24) is 5.32 Å². The fourth-order valence-electron chi connectivity index (χ4n) is 0.991. The molecule has 86 valence electrons. The van der Waals surface area contributed by atoms with Crippen LogP contribution < -0.4 is 10.6 Å². The molecule has 0 aliphatic heterocycles. The lowest BCUT2D eigenvalue weighted by atomic mass is 10.3. The van der Waals surface area contributed by atoms with Crippen molar-refractivity contribution in [1.29, 1.82) is 0 Å². The summed E-state index contributed by atoms with van der Waals surface area (Å²) in [4.78, 5) is 10.3. The van der Waals surface area contributed by atoms with Gasteiger partial charge in [0.05, 0.1) is 6.42 Å². The minimum Gasteiger partial charge on any atom is -0.481 e. The number of hydrogen-bond donors (Lipinski definition) is 3.